The monoisotopic (exact) mass is 306 g/mol. The molecule has 0 bridgehead atoms. The molecule has 1 unspecified atom stereocenters. The Balaban J connectivity index is 1.54. The second-order valence-electron chi connectivity index (χ2n) is 6.50. The van der Waals surface area contributed by atoms with E-state index in [2.05, 4.69) is 21.5 Å². The molecule has 0 aromatic carbocycles. The number of ether oxygens (including phenoxy) is 1. The number of aromatic nitrogens is 2. The maximum absolute atomic E-state index is 12.3. The number of amides is 1. The molecule has 3 rings (SSSR count). The quantitative estimate of drug-likeness (QED) is 0.901. The second kappa shape index (κ2) is 6.79. The van der Waals surface area contributed by atoms with E-state index in [9.17, 15) is 4.79 Å². The summed E-state index contributed by atoms with van der Waals surface area (Å²) in [6, 6.07) is 0.354. The van der Waals surface area contributed by atoms with Gasteiger partial charge >= 0.3 is 0 Å². The Morgan fingerprint density at radius 2 is 2.23 bits per heavy atom. The van der Waals surface area contributed by atoms with E-state index in [4.69, 9.17) is 4.74 Å². The van der Waals surface area contributed by atoms with E-state index in [1.54, 1.807) is 0 Å². The average Bonchev–Trinajstić information content (AvgIpc) is 3.09. The lowest BCUT2D eigenvalue weighted by Gasteiger charge is -2.32. The normalized spacial score (nSPS) is 23.8. The molecule has 2 fully saturated rings. The topological polar surface area (TPSA) is 59.4 Å². The van der Waals surface area contributed by atoms with Crippen LogP contribution in [0.25, 0.3) is 0 Å². The van der Waals surface area contributed by atoms with Crippen molar-refractivity contribution in [1.82, 2.24) is 20.0 Å². The van der Waals surface area contributed by atoms with Gasteiger partial charge in [0.05, 0.1) is 12.3 Å². The molecule has 22 heavy (non-hydrogen) atoms. The molecular weight excluding hydrogens is 280 g/mol. The highest BCUT2D eigenvalue weighted by atomic mass is 16.5. The van der Waals surface area contributed by atoms with Gasteiger partial charge in [0, 0.05) is 44.5 Å². The summed E-state index contributed by atoms with van der Waals surface area (Å²) in [5.74, 6) is 0.0551. The standard InChI is InChI=1S/C16H26N4O2/c1-12-13(9-19(2)18-12)10-20-7-8-22-15(11-20)16(21)17-14-5-3-4-6-14/h9,14-15H,3-8,10-11H2,1-2H3,(H,17,21). The van der Waals surface area contributed by atoms with Gasteiger partial charge in [0.2, 0.25) is 0 Å². The summed E-state index contributed by atoms with van der Waals surface area (Å²) in [5, 5.41) is 7.52. The van der Waals surface area contributed by atoms with Crippen LogP contribution in [0.5, 0.6) is 0 Å². The van der Waals surface area contributed by atoms with Gasteiger partial charge < -0.3 is 10.1 Å². The molecule has 1 aromatic heterocycles. The van der Waals surface area contributed by atoms with E-state index in [0.717, 1.165) is 31.6 Å². The molecule has 1 atom stereocenters. The van der Waals surface area contributed by atoms with Crippen LogP contribution in [0.3, 0.4) is 0 Å². The molecule has 1 N–H and O–H groups in total. The molecule has 0 spiro atoms. The fourth-order valence-corrected chi connectivity index (χ4v) is 3.41. The van der Waals surface area contributed by atoms with Gasteiger partial charge in [-0.3, -0.25) is 14.4 Å². The van der Waals surface area contributed by atoms with Gasteiger partial charge in [-0.15, -0.1) is 0 Å². The highest BCUT2D eigenvalue weighted by molar-refractivity contribution is 5.81. The number of carbonyl (C=O) groups is 1. The number of morpholine rings is 1. The predicted molar refractivity (Wildman–Crippen MR) is 83.4 cm³/mol. The van der Waals surface area contributed by atoms with Crippen molar-refractivity contribution in [3.05, 3.63) is 17.5 Å². The summed E-state index contributed by atoms with van der Waals surface area (Å²) >= 11 is 0. The van der Waals surface area contributed by atoms with Crippen LogP contribution in [0.15, 0.2) is 6.20 Å². The molecule has 2 heterocycles. The van der Waals surface area contributed by atoms with E-state index < -0.39 is 0 Å². The molecule has 0 radical (unpaired) electrons. The molecule has 2 aliphatic rings. The lowest BCUT2D eigenvalue weighted by atomic mass is 10.2. The maximum atomic E-state index is 12.3. The summed E-state index contributed by atoms with van der Waals surface area (Å²) in [4.78, 5) is 14.6. The van der Waals surface area contributed by atoms with Crippen molar-refractivity contribution < 1.29 is 9.53 Å². The predicted octanol–water partition coefficient (Wildman–Crippen LogP) is 0.988. The Hall–Kier alpha value is -1.40. The Kier molecular flexibility index (Phi) is 4.78. The maximum Gasteiger partial charge on any atom is 0.250 e. The Bertz CT molecular complexity index is 522. The summed E-state index contributed by atoms with van der Waals surface area (Å²) in [6.07, 6.45) is 6.38. The first kappa shape index (κ1) is 15.5. The minimum Gasteiger partial charge on any atom is -0.366 e. The van der Waals surface area contributed by atoms with Gasteiger partial charge in [-0.05, 0) is 19.8 Å². The molecule has 1 aliphatic carbocycles. The van der Waals surface area contributed by atoms with E-state index in [-0.39, 0.29) is 12.0 Å². The number of nitrogens with zero attached hydrogens (tertiary/aromatic N) is 3. The van der Waals surface area contributed by atoms with Crippen molar-refractivity contribution in [3.63, 3.8) is 0 Å². The van der Waals surface area contributed by atoms with E-state index in [1.807, 2.05) is 18.7 Å². The fraction of sp³-hybridized carbons (Fsp3) is 0.750. The first-order chi connectivity index (χ1) is 10.6. The van der Waals surface area contributed by atoms with Gasteiger partial charge in [-0.25, -0.2) is 0 Å². The molecule has 6 heteroatoms. The fourth-order valence-electron chi connectivity index (χ4n) is 3.41. The largest absolute Gasteiger partial charge is 0.366 e. The van der Waals surface area contributed by atoms with Crippen LogP contribution in [0, 0.1) is 6.92 Å². The van der Waals surface area contributed by atoms with E-state index >= 15 is 0 Å². The minimum atomic E-state index is -0.341. The molecule has 1 aliphatic heterocycles. The van der Waals surface area contributed by atoms with Gasteiger partial charge in [-0.2, -0.15) is 5.10 Å². The average molecular weight is 306 g/mol. The van der Waals surface area contributed by atoms with Crippen molar-refractivity contribution >= 4 is 5.91 Å². The Morgan fingerprint density at radius 1 is 1.45 bits per heavy atom. The highest BCUT2D eigenvalue weighted by Gasteiger charge is 2.29. The minimum absolute atomic E-state index is 0.0551. The zero-order valence-corrected chi connectivity index (χ0v) is 13.5. The molecule has 1 saturated carbocycles. The van der Waals surface area contributed by atoms with E-state index in [1.165, 1.54) is 18.4 Å². The van der Waals surface area contributed by atoms with Crippen LogP contribution in [0.1, 0.15) is 36.9 Å². The molecule has 122 valence electrons. The van der Waals surface area contributed by atoms with Crippen LogP contribution >= 0.6 is 0 Å². The zero-order valence-electron chi connectivity index (χ0n) is 13.5. The Morgan fingerprint density at radius 3 is 2.91 bits per heavy atom. The number of rotatable bonds is 4. The van der Waals surface area contributed by atoms with Gasteiger partial charge in [0.1, 0.15) is 6.10 Å². The van der Waals surface area contributed by atoms with Crippen molar-refractivity contribution in [2.75, 3.05) is 19.7 Å². The van der Waals surface area contributed by atoms with Crippen LogP contribution in [-0.4, -0.2) is 52.4 Å². The smallest absolute Gasteiger partial charge is 0.250 e. The number of aryl methyl sites for hydroxylation is 2. The van der Waals surface area contributed by atoms with Crippen molar-refractivity contribution in [2.45, 2.75) is 51.3 Å². The molecule has 1 saturated heterocycles. The summed E-state index contributed by atoms with van der Waals surface area (Å²) in [5.41, 5.74) is 2.28. The van der Waals surface area contributed by atoms with Crippen LogP contribution in [0.2, 0.25) is 0 Å². The third-order valence-corrected chi connectivity index (χ3v) is 4.65. The van der Waals surface area contributed by atoms with Gasteiger partial charge in [0.25, 0.3) is 5.91 Å². The number of carbonyl (C=O) groups excluding carboxylic acids is 1. The highest BCUT2D eigenvalue weighted by Crippen LogP contribution is 2.18. The van der Waals surface area contributed by atoms with Crippen molar-refractivity contribution in [1.29, 1.82) is 0 Å². The first-order valence-electron chi connectivity index (χ1n) is 8.25. The molecule has 1 aromatic rings. The van der Waals surface area contributed by atoms with Crippen LogP contribution < -0.4 is 5.32 Å². The van der Waals surface area contributed by atoms with Crippen LogP contribution in [0.4, 0.5) is 0 Å². The second-order valence-corrected chi connectivity index (χ2v) is 6.50. The zero-order chi connectivity index (χ0) is 15.5. The number of nitrogens with one attached hydrogen (secondary N) is 1. The molecule has 6 nitrogen and oxygen atoms in total. The van der Waals surface area contributed by atoms with Gasteiger partial charge in [-0.1, -0.05) is 12.8 Å². The van der Waals surface area contributed by atoms with Crippen molar-refractivity contribution in [2.24, 2.45) is 7.05 Å². The van der Waals surface area contributed by atoms with Crippen LogP contribution in [-0.2, 0) is 23.1 Å². The number of hydrogen-bond acceptors (Lipinski definition) is 4. The number of hydrogen-bond donors (Lipinski definition) is 1. The SMILES string of the molecule is Cc1nn(C)cc1CN1CCOC(C(=O)NC2CCCC2)C1. The summed E-state index contributed by atoms with van der Waals surface area (Å²) in [7, 11) is 1.94. The van der Waals surface area contributed by atoms with Crippen molar-refractivity contribution in [3.8, 4) is 0 Å². The third kappa shape index (κ3) is 3.67. The third-order valence-electron chi connectivity index (χ3n) is 4.65. The van der Waals surface area contributed by atoms with E-state index in [0.29, 0.717) is 19.2 Å². The lowest BCUT2D eigenvalue weighted by molar-refractivity contribution is -0.139. The summed E-state index contributed by atoms with van der Waals surface area (Å²) < 4.78 is 7.52. The Labute approximate surface area is 131 Å². The first-order valence-corrected chi connectivity index (χ1v) is 8.25. The summed E-state index contributed by atoms with van der Waals surface area (Å²) in [6.45, 7) is 4.99. The van der Waals surface area contributed by atoms with Gasteiger partial charge in [0.15, 0.2) is 0 Å². The molecule has 1 amide bonds. The lowest BCUT2D eigenvalue weighted by Crippen LogP contribution is -2.51. The molecular formula is C16H26N4O2.